The molecule has 0 aliphatic rings. The van der Waals surface area contributed by atoms with Gasteiger partial charge in [-0.1, -0.05) is 68.8 Å². The molecule has 2 aromatic carbocycles. The molecule has 2 aromatic rings. The van der Waals surface area contributed by atoms with Gasteiger partial charge in [0, 0.05) is 11.1 Å². The summed E-state index contributed by atoms with van der Waals surface area (Å²) in [6.45, 7) is 7.55. The molecule has 1 N–H and O–H groups in total. The van der Waals surface area contributed by atoms with Crippen LogP contribution < -0.4 is 5.32 Å². The topological polar surface area (TPSA) is 12.0 Å². The summed E-state index contributed by atoms with van der Waals surface area (Å²) in [4.78, 5) is 0. The zero-order chi connectivity index (χ0) is 15.2. The van der Waals surface area contributed by atoms with E-state index in [2.05, 4.69) is 62.5 Å². The Balaban J connectivity index is 2.13. The maximum Gasteiger partial charge on any atom is 0.0406 e. The van der Waals surface area contributed by atoms with Crippen molar-refractivity contribution in [3.8, 4) is 0 Å². The molecule has 0 saturated carbocycles. The predicted molar refractivity (Wildman–Crippen MR) is 92.1 cm³/mol. The lowest BCUT2D eigenvalue weighted by Gasteiger charge is -2.19. The first-order valence-electron chi connectivity index (χ1n) is 7.67. The number of hydrogen-bond acceptors (Lipinski definition) is 1. The molecule has 0 aliphatic carbocycles. The summed E-state index contributed by atoms with van der Waals surface area (Å²) >= 11 is 5.98. The number of rotatable bonds is 6. The van der Waals surface area contributed by atoms with Gasteiger partial charge in [-0.05, 0) is 47.7 Å². The lowest BCUT2D eigenvalue weighted by atomic mass is 9.96. The molecule has 1 nitrogen and oxygen atoms in total. The minimum Gasteiger partial charge on any atom is -0.310 e. The highest BCUT2D eigenvalue weighted by Gasteiger charge is 2.11. The summed E-state index contributed by atoms with van der Waals surface area (Å²) in [5, 5.41) is 4.35. The van der Waals surface area contributed by atoms with Crippen molar-refractivity contribution in [3.63, 3.8) is 0 Å². The van der Waals surface area contributed by atoms with Crippen molar-refractivity contribution >= 4 is 11.6 Å². The van der Waals surface area contributed by atoms with Crippen molar-refractivity contribution in [1.82, 2.24) is 5.32 Å². The van der Waals surface area contributed by atoms with Crippen LogP contribution in [0, 0.1) is 0 Å². The van der Waals surface area contributed by atoms with Crippen LogP contribution in [0.4, 0.5) is 0 Å². The van der Waals surface area contributed by atoms with Crippen molar-refractivity contribution in [3.05, 3.63) is 70.2 Å². The van der Waals surface area contributed by atoms with Gasteiger partial charge in [-0.2, -0.15) is 0 Å². The normalized spacial score (nSPS) is 12.6. The summed E-state index contributed by atoms with van der Waals surface area (Å²) in [5.41, 5.74) is 4.04. The fraction of sp³-hybridized carbons (Fsp3) is 0.368. The lowest BCUT2D eigenvalue weighted by molar-refractivity contribution is 0.550. The molecular formula is C19H24ClN. The number of halogens is 1. The van der Waals surface area contributed by atoms with Crippen LogP contribution in [0.2, 0.25) is 5.02 Å². The van der Waals surface area contributed by atoms with E-state index in [1.807, 2.05) is 12.1 Å². The van der Waals surface area contributed by atoms with Crippen LogP contribution in [0.5, 0.6) is 0 Å². The van der Waals surface area contributed by atoms with Gasteiger partial charge >= 0.3 is 0 Å². The van der Waals surface area contributed by atoms with Crippen LogP contribution in [-0.2, 0) is 6.42 Å². The quantitative estimate of drug-likeness (QED) is 0.757. The minimum absolute atomic E-state index is 0.331. The van der Waals surface area contributed by atoms with Gasteiger partial charge in [0.1, 0.15) is 0 Å². The largest absolute Gasteiger partial charge is 0.310 e. The van der Waals surface area contributed by atoms with Crippen molar-refractivity contribution in [1.29, 1.82) is 0 Å². The van der Waals surface area contributed by atoms with Gasteiger partial charge in [0.25, 0.3) is 0 Å². The zero-order valence-corrected chi connectivity index (χ0v) is 13.8. The Morgan fingerprint density at radius 1 is 0.905 bits per heavy atom. The SMILES string of the molecule is CCNC(Cc1ccc(C(C)C)cc1)c1ccc(Cl)cc1. The van der Waals surface area contributed by atoms with E-state index in [9.17, 15) is 0 Å². The lowest BCUT2D eigenvalue weighted by Crippen LogP contribution is -2.22. The van der Waals surface area contributed by atoms with Crippen LogP contribution in [0.15, 0.2) is 48.5 Å². The zero-order valence-electron chi connectivity index (χ0n) is 13.1. The Morgan fingerprint density at radius 2 is 1.48 bits per heavy atom. The first kappa shape index (κ1) is 16.1. The number of nitrogens with one attached hydrogen (secondary N) is 1. The average Bonchev–Trinajstić information content (AvgIpc) is 2.48. The van der Waals surface area contributed by atoms with E-state index in [1.165, 1.54) is 16.7 Å². The van der Waals surface area contributed by atoms with E-state index in [4.69, 9.17) is 11.6 Å². The second-order valence-corrected chi connectivity index (χ2v) is 6.20. The Labute approximate surface area is 133 Å². The van der Waals surface area contributed by atoms with E-state index >= 15 is 0 Å². The molecule has 1 atom stereocenters. The van der Waals surface area contributed by atoms with Crippen LogP contribution in [-0.4, -0.2) is 6.54 Å². The first-order chi connectivity index (χ1) is 10.1. The maximum absolute atomic E-state index is 5.98. The third-order valence-corrected chi connectivity index (χ3v) is 4.06. The highest BCUT2D eigenvalue weighted by Crippen LogP contribution is 2.22. The molecule has 21 heavy (non-hydrogen) atoms. The highest BCUT2D eigenvalue weighted by atomic mass is 35.5. The molecule has 112 valence electrons. The van der Waals surface area contributed by atoms with Crippen LogP contribution in [0.1, 0.15) is 49.4 Å². The molecule has 2 rings (SSSR count). The van der Waals surface area contributed by atoms with Crippen LogP contribution in [0.3, 0.4) is 0 Å². The molecule has 0 heterocycles. The summed E-state index contributed by atoms with van der Waals surface area (Å²) in [6, 6.07) is 17.4. The van der Waals surface area contributed by atoms with E-state index in [-0.39, 0.29) is 0 Å². The summed E-state index contributed by atoms with van der Waals surface area (Å²) in [6.07, 6.45) is 0.994. The summed E-state index contributed by atoms with van der Waals surface area (Å²) in [5.74, 6) is 0.583. The molecule has 1 unspecified atom stereocenters. The third kappa shape index (κ3) is 4.59. The molecule has 0 radical (unpaired) electrons. The molecule has 2 heteroatoms. The average molecular weight is 302 g/mol. The molecular weight excluding hydrogens is 278 g/mol. The van der Waals surface area contributed by atoms with Crippen molar-refractivity contribution in [2.45, 2.75) is 39.2 Å². The Bertz CT molecular complexity index is 543. The Morgan fingerprint density at radius 3 is 2.00 bits per heavy atom. The van der Waals surface area contributed by atoms with Gasteiger partial charge in [-0.3, -0.25) is 0 Å². The fourth-order valence-electron chi connectivity index (χ4n) is 2.52. The fourth-order valence-corrected chi connectivity index (χ4v) is 2.65. The van der Waals surface area contributed by atoms with Gasteiger partial charge in [0.05, 0.1) is 0 Å². The van der Waals surface area contributed by atoms with Crippen LogP contribution >= 0.6 is 11.6 Å². The van der Waals surface area contributed by atoms with Crippen LogP contribution in [0.25, 0.3) is 0 Å². The second-order valence-electron chi connectivity index (χ2n) is 5.76. The monoisotopic (exact) mass is 301 g/mol. The van der Waals surface area contributed by atoms with E-state index in [0.29, 0.717) is 12.0 Å². The maximum atomic E-state index is 5.98. The molecule has 0 fully saturated rings. The van der Waals surface area contributed by atoms with Gasteiger partial charge < -0.3 is 5.32 Å². The third-order valence-electron chi connectivity index (χ3n) is 3.81. The first-order valence-corrected chi connectivity index (χ1v) is 8.05. The molecule has 0 aliphatic heterocycles. The van der Waals surface area contributed by atoms with E-state index < -0.39 is 0 Å². The van der Waals surface area contributed by atoms with Gasteiger partial charge in [0.2, 0.25) is 0 Å². The Hall–Kier alpha value is -1.31. The molecule has 0 aromatic heterocycles. The van der Waals surface area contributed by atoms with Gasteiger partial charge in [0.15, 0.2) is 0 Å². The van der Waals surface area contributed by atoms with E-state index in [1.54, 1.807) is 0 Å². The predicted octanol–water partition coefficient (Wildman–Crippen LogP) is 5.36. The molecule has 0 spiro atoms. The number of benzene rings is 2. The van der Waals surface area contributed by atoms with Gasteiger partial charge in [-0.15, -0.1) is 0 Å². The van der Waals surface area contributed by atoms with Gasteiger partial charge in [-0.25, -0.2) is 0 Å². The van der Waals surface area contributed by atoms with Crippen molar-refractivity contribution in [2.24, 2.45) is 0 Å². The summed E-state index contributed by atoms with van der Waals surface area (Å²) in [7, 11) is 0. The standard InChI is InChI=1S/C19H24ClN/c1-4-21-19(17-9-11-18(20)12-10-17)13-15-5-7-16(8-6-15)14(2)3/h5-12,14,19,21H,4,13H2,1-3H3. The molecule has 0 saturated heterocycles. The molecule has 0 bridgehead atoms. The van der Waals surface area contributed by atoms with E-state index in [0.717, 1.165) is 18.0 Å². The summed E-state index contributed by atoms with van der Waals surface area (Å²) < 4.78 is 0. The number of likely N-dealkylation sites (N-methyl/N-ethyl adjacent to an activating group) is 1. The molecule has 0 amide bonds. The Kier molecular flexibility index (Phi) is 5.84. The minimum atomic E-state index is 0.331. The highest BCUT2D eigenvalue weighted by molar-refractivity contribution is 6.30. The van der Waals surface area contributed by atoms with Crippen molar-refractivity contribution < 1.29 is 0 Å². The smallest absolute Gasteiger partial charge is 0.0406 e. The van der Waals surface area contributed by atoms with Crippen molar-refractivity contribution in [2.75, 3.05) is 6.54 Å². The number of hydrogen-bond donors (Lipinski definition) is 1. The second kappa shape index (κ2) is 7.63.